The van der Waals surface area contributed by atoms with E-state index >= 15 is 0 Å². The number of benzene rings is 1. The molecule has 0 radical (unpaired) electrons. The van der Waals surface area contributed by atoms with Gasteiger partial charge in [0, 0.05) is 13.6 Å². The molecule has 2 nitrogen and oxygen atoms in total. The van der Waals surface area contributed by atoms with Crippen LogP contribution in [0.15, 0.2) is 12.1 Å². The van der Waals surface area contributed by atoms with E-state index in [1.807, 2.05) is 0 Å². The molecular weight excluding hydrogens is 258 g/mol. The normalized spacial score (nSPS) is 27.6. The fourth-order valence-corrected chi connectivity index (χ4v) is 3.97. The van der Waals surface area contributed by atoms with Crippen LogP contribution in [0.3, 0.4) is 0 Å². The van der Waals surface area contributed by atoms with Crippen molar-refractivity contribution in [2.75, 3.05) is 18.5 Å². The smallest absolute Gasteiger partial charge is 0.183 e. The third-order valence-electron chi connectivity index (χ3n) is 4.99. The van der Waals surface area contributed by atoms with E-state index < -0.39 is 11.6 Å². The molecule has 1 aromatic carbocycles. The molecule has 0 spiro atoms. The van der Waals surface area contributed by atoms with E-state index in [4.69, 9.17) is 5.26 Å². The molecule has 0 saturated heterocycles. The summed E-state index contributed by atoms with van der Waals surface area (Å²) >= 11 is 0. The predicted octanol–water partition coefficient (Wildman–Crippen LogP) is 3.71. The quantitative estimate of drug-likeness (QED) is 0.841. The monoisotopic (exact) mass is 276 g/mol. The second kappa shape index (κ2) is 5.05. The van der Waals surface area contributed by atoms with Crippen LogP contribution in [0, 0.1) is 40.7 Å². The molecule has 0 aromatic heterocycles. The Kier molecular flexibility index (Phi) is 3.37. The third-order valence-corrected chi connectivity index (χ3v) is 4.99. The fourth-order valence-electron chi connectivity index (χ4n) is 3.97. The zero-order valence-corrected chi connectivity index (χ0v) is 11.6. The largest absolute Gasteiger partial charge is 0.372 e. The van der Waals surface area contributed by atoms with Crippen LogP contribution in [0.5, 0.6) is 0 Å². The van der Waals surface area contributed by atoms with Crippen LogP contribution >= 0.6 is 0 Å². The summed E-state index contributed by atoms with van der Waals surface area (Å²) in [5, 5.41) is 8.70. The van der Waals surface area contributed by atoms with Gasteiger partial charge in [-0.15, -0.1) is 0 Å². The molecule has 3 unspecified atom stereocenters. The van der Waals surface area contributed by atoms with E-state index in [0.717, 1.165) is 18.4 Å². The number of anilines is 1. The highest BCUT2D eigenvalue weighted by atomic mass is 19.2. The average molecular weight is 276 g/mol. The lowest BCUT2D eigenvalue weighted by Gasteiger charge is -2.28. The Morgan fingerprint density at radius 2 is 2.05 bits per heavy atom. The lowest BCUT2D eigenvalue weighted by molar-refractivity contribution is 0.336. The number of rotatable bonds is 3. The molecule has 0 aliphatic heterocycles. The lowest BCUT2D eigenvalue weighted by Crippen LogP contribution is -2.29. The van der Waals surface area contributed by atoms with Crippen LogP contribution < -0.4 is 4.90 Å². The summed E-state index contributed by atoms with van der Waals surface area (Å²) in [4.78, 5) is 1.80. The summed E-state index contributed by atoms with van der Waals surface area (Å²) in [6.45, 7) is 0.767. The number of halogens is 2. The first-order valence-corrected chi connectivity index (χ1v) is 7.19. The van der Waals surface area contributed by atoms with E-state index in [9.17, 15) is 8.78 Å². The van der Waals surface area contributed by atoms with Gasteiger partial charge in [-0.25, -0.2) is 8.78 Å². The number of nitriles is 1. The minimum absolute atomic E-state index is 0.237. The second-order valence-electron chi connectivity index (χ2n) is 6.19. The molecule has 4 heteroatoms. The Labute approximate surface area is 118 Å². The highest BCUT2D eigenvalue weighted by Gasteiger charge is 2.39. The van der Waals surface area contributed by atoms with E-state index in [1.165, 1.54) is 37.8 Å². The highest BCUT2D eigenvalue weighted by Crippen LogP contribution is 2.48. The average Bonchev–Trinajstić information content (AvgIpc) is 3.04. The summed E-state index contributed by atoms with van der Waals surface area (Å²) in [5.74, 6) is 0.256. The molecular formula is C16H18F2N2. The van der Waals surface area contributed by atoms with E-state index in [1.54, 1.807) is 18.0 Å². The molecule has 2 aliphatic rings. The van der Waals surface area contributed by atoms with Crippen molar-refractivity contribution in [1.82, 2.24) is 0 Å². The van der Waals surface area contributed by atoms with Gasteiger partial charge in [0.2, 0.25) is 0 Å². The molecule has 2 aliphatic carbocycles. The van der Waals surface area contributed by atoms with E-state index in [0.29, 0.717) is 5.92 Å². The first-order chi connectivity index (χ1) is 9.60. The van der Waals surface area contributed by atoms with Gasteiger partial charge in [-0.3, -0.25) is 0 Å². The van der Waals surface area contributed by atoms with Gasteiger partial charge in [-0.1, -0.05) is 6.42 Å². The van der Waals surface area contributed by atoms with Crippen molar-refractivity contribution in [2.45, 2.75) is 25.7 Å². The van der Waals surface area contributed by atoms with Crippen molar-refractivity contribution in [3.05, 3.63) is 29.3 Å². The molecule has 0 N–H and O–H groups in total. The number of nitrogens with zero attached hydrogens (tertiary/aromatic N) is 2. The molecule has 0 amide bonds. The molecule has 20 heavy (non-hydrogen) atoms. The molecule has 3 atom stereocenters. The van der Waals surface area contributed by atoms with Crippen LogP contribution in [0.4, 0.5) is 14.5 Å². The highest BCUT2D eigenvalue weighted by molar-refractivity contribution is 5.51. The van der Waals surface area contributed by atoms with Gasteiger partial charge < -0.3 is 4.90 Å². The lowest BCUT2D eigenvalue weighted by atomic mass is 9.88. The maximum atomic E-state index is 14.0. The third kappa shape index (κ3) is 2.15. The summed E-state index contributed by atoms with van der Waals surface area (Å²) in [6, 6.07) is 4.52. The van der Waals surface area contributed by atoms with Crippen LogP contribution in [-0.2, 0) is 0 Å². The summed E-state index contributed by atoms with van der Waals surface area (Å²) < 4.78 is 27.7. The van der Waals surface area contributed by atoms with Gasteiger partial charge in [0.1, 0.15) is 6.07 Å². The van der Waals surface area contributed by atoms with Crippen molar-refractivity contribution in [2.24, 2.45) is 17.8 Å². The fraction of sp³-hybridized carbons (Fsp3) is 0.562. The number of fused-ring (bicyclic) bond motifs is 2. The van der Waals surface area contributed by atoms with Crippen LogP contribution in [0.25, 0.3) is 0 Å². The maximum Gasteiger partial charge on any atom is 0.183 e. The van der Waals surface area contributed by atoms with Crippen LogP contribution in [0.2, 0.25) is 0 Å². The minimum Gasteiger partial charge on any atom is -0.372 e. The molecule has 3 rings (SSSR count). The van der Waals surface area contributed by atoms with Crippen molar-refractivity contribution < 1.29 is 8.78 Å². The van der Waals surface area contributed by atoms with Crippen molar-refractivity contribution in [3.8, 4) is 6.07 Å². The molecule has 0 heterocycles. The Balaban J connectivity index is 1.76. The molecule has 2 bridgehead atoms. The van der Waals surface area contributed by atoms with Crippen molar-refractivity contribution in [1.29, 1.82) is 5.26 Å². The first kappa shape index (κ1) is 13.4. The molecule has 2 fully saturated rings. The first-order valence-electron chi connectivity index (χ1n) is 7.19. The van der Waals surface area contributed by atoms with Crippen molar-refractivity contribution in [3.63, 3.8) is 0 Å². The van der Waals surface area contributed by atoms with E-state index in [2.05, 4.69) is 0 Å². The Hall–Kier alpha value is -1.63. The number of hydrogen-bond acceptors (Lipinski definition) is 2. The summed E-state index contributed by atoms with van der Waals surface area (Å²) in [5.41, 5.74) is 0.0175. The van der Waals surface area contributed by atoms with Gasteiger partial charge in [0.15, 0.2) is 11.6 Å². The Morgan fingerprint density at radius 1 is 1.25 bits per heavy atom. The number of hydrogen-bond donors (Lipinski definition) is 0. The zero-order valence-electron chi connectivity index (χ0n) is 11.6. The van der Waals surface area contributed by atoms with Gasteiger partial charge in [-0.05, 0) is 49.1 Å². The minimum atomic E-state index is -1.04. The van der Waals surface area contributed by atoms with Gasteiger partial charge in [-0.2, -0.15) is 5.26 Å². The Bertz CT molecular complexity index is 564. The molecule has 2 saturated carbocycles. The van der Waals surface area contributed by atoms with Crippen molar-refractivity contribution >= 4 is 5.69 Å². The van der Waals surface area contributed by atoms with E-state index in [-0.39, 0.29) is 11.3 Å². The zero-order chi connectivity index (χ0) is 14.3. The van der Waals surface area contributed by atoms with Crippen LogP contribution in [0.1, 0.15) is 31.2 Å². The van der Waals surface area contributed by atoms with Gasteiger partial charge >= 0.3 is 0 Å². The summed E-state index contributed by atoms with van der Waals surface area (Å²) in [6.07, 6.45) is 5.15. The predicted molar refractivity (Wildman–Crippen MR) is 73.3 cm³/mol. The van der Waals surface area contributed by atoms with Gasteiger partial charge in [0.25, 0.3) is 0 Å². The Morgan fingerprint density at radius 3 is 2.65 bits per heavy atom. The second-order valence-corrected chi connectivity index (χ2v) is 6.19. The van der Waals surface area contributed by atoms with Gasteiger partial charge in [0.05, 0.1) is 11.3 Å². The molecule has 1 aromatic rings. The standard InChI is InChI=1S/C16H18F2N2/c1-20(9-13-7-10-2-3-11(13)6-10)14-5-4-12(8-19)15(17)16(14)18/h4-5,10-11,13H,2-3,6-7,9H2,1H3. The topological polar surface area (TPSA) is 27.0 Å². The maximum absolute atomic E-state index is 14.0. The summed E-state index contributed by atoms with van der Waals surface area (Å²) in [7, 11) is 1.80. The SMILES string of the molecule is CN(CC1CC2CCC1C2)c1ccc(C#N)c(F)c1F. The van der Waals surface area contributed by atoms with Crippen LogP contribution in [-0.4, -0.2) is 13.6 Å². The molecule has 106 valence electrons.